The zero-order chi connectivity index (χ0) is 12.7. The van der Waals surface area contributed by atoms with E-state index in [1.165, 1.54) is 5.56 Å². The standard InChI is InChI=1S/C14H22N2O/c1-12(9-10-15-13(2)17)16(3)11-14-7-5-4-6-8-14/h4-8,12H,9-11H2,1-3H3,(H,15,17). The number of nitrogens with zero attached hydrogens (tertiary/aromatic N) is 1. The number of hydrogen-bond donors (Lipinski definition) is 1. The van der Waals surface area contributed by atoms with Gasteiger partial charge in [0.05, 0.1) is 0 Å². The van der Waals surface area contributed by atoms with Gasteiger partial charge in [0.25, 0.3) is 0 Å². The van der Waals surface area contributed by atoms with Crippen LogP contribution in [0.25, 0.3) is 0 Å². The number of hydrogen-bond acceptors (Lipinski definition) is 2. The molecule has 3 heteroatoms. The number of carbonyl (C=O) groups is 1. The highest BCUT2D eigenvalue weighted by Crippen LogP contribution is 2.07. The van der Waals surface area contributed by atoms with Crippen molar-refractivity contribution in [3.63, 3.8) is 0 Å². The molecule has 1 aromatic carbocycles. The predicted octanol–water partition coefficient (Wildman–Crippen LogP) is 2.03. The summed E-state index contributed by atoms with van der Waals surface area (Å²) in [7, 11) is 2.12. The molecule has 0 heterocycles. The van der Waals surface area contributed by atoms with Crippen LogP contribution in [0.1, 0.15) is 25.8 Å². The second-order valence-corrected chi connectivity index (χ2v) is 4.52. The SMILES string of the molecule is CC(=O)NCCC(C)N(C)Cc1ccccc1. The zero-order valence-electron chi connectivity index (χ0n) is 10.9. The van der Waals surface area contributed by atoms with Crippen LogP contribution in [0.15, 0.2) is 30.3 Å². The molecule has 0 spiro atoms. The van der Waals surface area contributed by atoms with E-state index >= 15 is 0 Å². The quantitative estimate of drug-likeness (QED) is 0.817. The first-order valence-electron chi connectivity index (χ1n) is 6.08. The van der Waals surface area contributed by atoms with Crippen molar-refractivity contribution >= 4 is 5.91 Å². The van der Waals surface area contributed by atoms with Crippen LogP contribution < -0.4 is 5.32 Å². The van der Waals surface area contributed by atoms with E-state index in [1.807, 2.05) is 6.07 Å². The largest absolute Gasteiger partial charge is 0.356 e. The fourth-order valence-electron chi connectivity index (χ4n) is 1.70. The Morgan fingerprint density at radius 1 is 1.35 bits per heavy atom. The molecule has 1 atom stereocenters. The molecule has 1 aromatic rings. The van der Waals surface area contributed by atoms with Crippen molar-refractivity contribution in [3.8, 4) is 0 Å². The second kappa shape index (κ2) is 7.07. The number of rotatable bonds is 6. The zero-order valence-corrected chi connectivity index (χ0v) is 10.9. The molecular formula is C14H22N2O. The van der Waals surface area contributed by atoms with Crippen molar-refractivity contribution in [2.24, 2.45) is 0 Å². The summed E-state index contributed by atoms with van der Waals surface area (Å²) in [6, 6.07) is 10.9. The van der Waals surface area contributed by atoms with Crippen molar-refractivity contribution in [1.29, 1.82) is 0 Å². The number of nitrogens with one attached hydrogen (secondary N) is 1. The van der Waals surface area contributed by atoms with E-state index in [-0.39, 0.29) is 5.91 Å². The molecule has 0 aliphatic carbocycles. The van der Waals surface area contributed by atoms with Gasteiger partial charge >= 0.3 is 0 Å². The van der Waals surface area contributed by atoms with Gasteiger partial charge in [-0.1, -0.05) is 30.3 Å². The molecule has 1 rings (SSSR count). The van der Waals surface area contributed by atoms with E-state index in [1.54, 1.807) is 6.92 Å². The molecular weight excluding hydrogens is 212 g/mol. The summed E-state index contributed by atoms with van der Waals surface area (Å²) in [6.45, 7) is 5.43. The molecule has 17 heavy (non-hydrogen) atoms. The van der Waals surface area contributed by atoms with Gasteiger partial charge in [-0.2, -0.15) is 0 Å². The number of carbonyl (C=O) groups excluding carboxylic acids is 1. The van der Waals surface area contributed by atoms with Crippen molar-refractivity contribution in [2.45, 2.75) is 32.9 Å². The predicted molar refractivity (Wildman–Crippen MR) is 70.7 cm³/mol. The summed E-state index contributed by atoms with van der Waals surface area (Å²) < 4.78 is 0. The molecule has 0 aliphatic heterocycles. The Morgan fingerprint density at radius 2 is 2.00 bits per heavy atom. The van der Waals surface area contributed by atoms with Crippen molar-refractivity contribution < 1.29 is 4.79 Å². The highest BCUT2D eigenvalue weighted by atomic mass is 16.1. The smallest absolute Gasteiger partial charge is 0.216 e. The molecule has 0 bridgehead atoms. The third-order valence-electron chi connectivity index (χ3n) is 2.96. The third-order valence-corrected chi connectivity index (χ3v) is 2.96. The van der Waals surface area contributed by atoms with E-state index in [2.05, 4.69) is 48.5 Å². The summed E-state index contributed by atoms with van der Waals surface area (Å²) in [5.41, 5.74) is 1.32. The topological polar surface area (TPSA) is 32.3 Å². The third kappa shape index (κ3) is 5.50. The van der Waals surface area contributed by atoms with Gasteiger partial charge in [-0.25, -0.2) is 0 Å². The van der Waals surface area contributed by atoms with Crippen LogP contribution in [-0.2, 0) is 11.3 Å². The van der Waals surface area contributed by atoms with Crippen LogP contribution in [0.4, 0.5) is 0 Å². The lowest BCUT2D eigenvalue weighted by molar-refractivity contribution is -0.119. The van der Waals surface area contributed by atoms with Crippen molar-refractivity contribution in [1.82, 2.24) is 10.2 Å². The van der Waals surface area contributed by atoms with Gasteiger partial charge < -0.3 is 5.32 Å². The maximum atomic E-state index is 10.8. The average Bonchev–Trinajstić information content (AvgIpc) is 2.29. The summed E-state index contributed by atoms with van der Waals surface area (Å²) >= 11 is 0. The molecule has 0 aromatic heterocycles. The van der Waals surface area contributed by atoms with E-state index in [9.17, 15) is 4.79 Å². The van der Waals surface area contributed by atoms with Gasteiger partial charge in [-0.15, -0.1) is 0 Å². The van der Waals surface area contributed by atoms with Gasteiger partial charge in [0.1, 0.15) is 0 Å². The van der Waals surface area contributed by atoms with Crippen LogP contribution in [-0.4, -0.2) is 30.4 Å². The molecule has 0 aliphatic rings. The Kier molecular flexibility index (Phi) is 5.70. The van der Waals surface area contributed by atoms with Gasteiger partial charge in [0.2, 0.25) is 5.91 Å². The molecule has 0 saturated carbocycles. The van der Waals surface area contributed by atoms with Gasteiger partial charge in [0.15, 0.2) is 0 Å². The van der Waals surface area contributed by atoms with E-state index in [4.69, 9.17) is 0 Å². The molecule has 1 amide bonds. The summed E-state index contributed by atoms with van der Waals surface area (Å²) in [4.78, 5) is 13.1. The Labute approximate surface area is 104 Å². The summed E-state index contributed by atoms with van der Waals surface area (Å²) in [5, 5.41) is 2.83. The Morgan fingerprint density at radius 3 is 2.59 bits per heavy atom. The fourth-order valence-corrected chi connectivity index (χ4v) is 1.70. The number of amides is 1. The van der Waals surface area contributed by atoms with Crippen molar-refractivity contribution in [3.05, 3.63) is 35.9 Å². The lowest BCUT2D eigenvalue weighted by Crippen LogP contribution is -2.32. The Balaban J connectivity index is 2.31. The van der Waals surface area contributed by atoms with Gasteiger partial charge in [-0.05, 0) is 26.0 Å². The van der Waals surface area contributed by atoms with E-state index in [0.717, 1.165) is 19.5 Å². The van der Waals surface area contributed by atoms with E-state index in [0.29, 0.717) is 6.04 Å². The lowest BCUT2D eigenvalue weighted by Gasteiger charge is -2.24. The number of benzene rings is 1. The van der Waals surface area contributed by atoms with Crippen LogP contribution in [0.3, 0.4) is 0 Å². The fraction of sp³-hybridized carbons (Fsp3) is 0.500. The van der Waals surface area contributed by atoms with Crippen LogP contribution in [0.5, 0.6) is 0 Å². The Hall–Kier alpha value is -1.35. The highest BCUT2D eigenvalue weighted by molar-refractivity contribution is 5.72. The van der Waals surface area contributed by atoms with E-state index < -0.39 is 0 Å². The minimum Gasteiger partial charge on any atom is -0.356 e. The minimum atomic E-state index is 0.0444. The summed E-state index contributed by atoms with van der Waals surface area (Å²) in [5.74, 6) is 0.0444. The molecule has 0 fully saturated rings. The second-order valence-electron chi connectivity index (χ2n) is 4.52. The van der Waals surface area contributed by atoms with Crippen LogP contribution >= 0.6 is 0 Å². The van der Waals surface area contributed by atoms with Crippen LogP contribution in [0.2, 0.25) is 0 Å². The highest BCUT2D eigenvalue weighted by Gasteiger charge is 2.09. The van der Waals surface area contributed by atoms with Crippen LogP contribution in [0, 0.1) is 0 Å². The summed E-state index contributed by atoms with van der Waals surface area (Å²) in [6.07, 6.45) is 0.975. The van der Waals surface area contributed by atoms with Crippen molar-refractivity contribution in [2.75, 3.05) is 13.6 Å². The maximum Gasteiger partial charge on any atom is 0.216 e. The monoisotopic (exact) mass is 234 g/mol. The average molecular weight is 234 g/mol. The first-order chi connectivity index (χ1) is 8.09. The molecule has 0 saturated heterocycles. The van der Waals surface area contributed by atoms with Gasteiger partial charge in [0, 0.05) is 26.1 Å². The van der Waals surface area contributed by atoms with Gasteiger partial charge in [-0.3, -0.25) is 9.69 Å². The normalized spacial score (nSPS) is 12.5. The Bertz CT molecular complexity index is 337. The molecule has 0 radical (unpaired) electrons. The first kappa shape index (κ1) is 13.7. The molecule has 1 unspecified atom stereocenters. The molecule has 94 valence electrons. The lowest BCUT2D eigenvalue weighted by atomic mass is 10.1. The molecule has 1 N–H and O–H groups in total. The first-order valence-corrected chi connectivity index (χ1v) is 6.08. The minimum absolute atomic E-state index is 0.0444. The maximum absolute atomic E-state index is 10.8. The molecule has 3 nitrogen and oxygen atoms in total.